The molecule has 1 unspecified atom stereocenters. The van der Waals surface area contributed by atoms with Crippen molar-refractivity contribution < 1.29 is 9.90 Å². The lowest BCUT2D eigenvalue weighted by atomic mass is 9.90. The predicted molar refractivity (Wildman–Crippen MR) is 102 cm³/mol. The van der Waals surface area contributed by atoms with Gasteiger partial charge in [-0.3, -0.25) is 4.79 Å². The summed E-state index contributed by atoms with van der Waals surface area (Å²) in [7, 11) is 0. The Balaban J connectivity index is 2.10. The Kier molecular flexibility index (Phi) is 11.8. The Morgan fingerprint density at radius 1 is 1.17 bits per heavy atom. The summed E-state index contributed by atoms with van der Waals surface area (Å²) in [5.41, 5.74) is 0. The van der Waals surface area contributed by atoms with E-state index in [0.29, 0.717) is 0 Å². The van der Waals surface area contributed by atoms with Gasteiger partial charge in [0.1, 0.15) is 4.83 Å². The molecule has 1 rings (SSSR count). The lowest BCUT2D eigenvalue weighted by molar-refractivity contribution is -0.136. The van der Waals surface area contributed by atoms with Crippen molar-refractivity contribution in [2.24, 2.45) is 11.8 Å². The largest absolute Gasteiger partial charge is 0.480 e. The number of allylic oxidation sites excluding steroid dienone is 2. The van der Waals surface area contributed by atoms with Crippen molar-refractivity contribution in [3.05, 3.63) is 12.2 Å². The number of unbranched alkanes of at least 4 members (excludes halogenated alkanes) is 6. The molecule has 0 aromatic carbocycles. The van der Waals surface area contributed by atoms with E-state index >= 15 is 0 Å². The van der Waals surface area contributed by atoms with Crippen molar-refractivity contribution in [3.63, 3.8) is 0 Å². The Morgan fingerprint density at radius 3 is 2.70 bits per heavy atom. The topological polar surface area (TPSA) is 37.3 Å². The molecule has 0 aromatic rings. The minimum atomic E-state index is -0.732. The molecule has 23 heavy (non-hydrogen) atoms. The normalized spacial score (nSPS) is 22.7. The standard InChI is InChI=1S/C20H35BrO2/c1-2-3-4-5-6-8-12-17-14-11-15-18(17)13-9-7-10-16-19(21)20(22)23/h8,12,17-19H,2-7,9-11,13-16H2,1H3,(H,22,23)/t17-,18-,19?/m0/s1. The molecular weight excluding hydrogens is 352 g/mol. The van der Waals surface area contributed by atoms with Gasteiger partial charge in [-0.05, 0) is 50.4 Å². The molecular formula is C20H35BrO2. The Labute approximate surface area is 151 Å². The summed E-state index contributed by atoms with van der Waals surface area (Å²) in [6.45, 7) is 2.26. The minimum absolute atomic E-state index is 0.364. The molecule has 1 aliphatic rings. The van der Waals surface area contributed by atoms with Crippen LogP contribution in [0, 0.1) is 11.8 Å². The Morgan fingerprint density at radius 2 is 1.96 bits per heavy atom. The number of carboxylic acid groups (broad SMARTS) is 1. The highest BCUT2D eigenvalue weighted by atomic mass is 79.9. The van der Waals surface area contributed by atoms with E-state index in [4.69, 9.17) is 5.11 Å². The molecule has 0 bridgehead atoms. The van der Waals surface area contributed by atoms with Crippen LogP contribution < -0.4 is 0 Å². The lowest BCUT2D eigenvalue weighted by Gasteiger charge is -2.16. The second-order valence-corrected chi connectivity index (χ2v) is 8.18. The summed E-state index contributed by atoms with van der Waals surface area (Å²) < 4.78 is 0. The fourth-order valence-electron chi connectivity index (χ4n) is 3.67. The number of carboxylic acids is 1. The molecule has 1 aliphatic carbocycles. The summed E-state index contributed by atoms with van der Waals surface area (Å²) in [6, 6.07) is 0. The second-order valence-electron chi connectivity index (χ2n) is 7.08. The van der Waals surface area contributed by atoms with E-state index in [2.05, 4.69) is 35.0 Å². The van der Waals surface area contributed by atoms with E-state index in [1.807, 2.05) is 0 Å². The number of aliphatic carboxylic acids is 1. The van der Waals surface area contributed by atoms with E-state index in [-0.39, 0.29) is 4.83 Å². The molecule has 3 atom stereocenters. The minimum Gasteiger partial charge on any atom is -0.480 e. The average molecular weight is 387 g/mol. The van der Waals surface area contributed by atoms with Gasteiger partial charge in [0.25, 0.3) is 0 Å². The van der Waals surface area contributed by atoms with E-state index < -0.39 is 5.97 Å². The van der Waals surface area contributed by atoms with Crippen LogP contribution in [-0.2, 0) is 4.79 Å². The van der Waals surface area contributed by atoms with Crippen LogP contribution in [0.4, 0.5) is 0 Å². The quantitative estimate of drug-likeness (QED) is 0.216. The first-order chi connectivity index (χ1) is 11.1. The SMILES string of the molecule is CCCCCCC=C[C@H]1CCC[C@@H]1CCCCCC(Br)C(=O)O. The molecule has 0 saturated heterocycles. The van der Waals surface area contributed by atoms with E-state index in [1.165, 1.54) is 70.6 Å². The molecule has 0 radical (unpaired) electrons. The van der Waals surface area contributed by atoms with Gasteiger partial charge in [0.05, 0.1) is 0 Å². The predicted octanol–water partition coefficient (Wildman–Crippen LogP) is 6.73. The molecule has 0 heterocycles. The maximum Gasteiger partial charge on any atom is 0.317 e. The number of rotatable bonds is 13. The number of alkyl halides is 1. The highest BCUT2D eigenvalue weighted by molar-refractivity contribution is 9.10. The third kappa shape index (κ3) is 9.54. The molecule has 0 aliphatic heterocycles. The van der Waals surface area contributed by atoms with Gasteiger partial charge in [0, 0.05) is 0 Å². The van der Waals surface area contributed by atoms with Crippen molar-refractivity contribution in [1.29, 1.82) is 0 Å². The summed E-state index contributed by atoms with van der Waals surface area (Å²) in [6.07, 6.45) is 21.3. The third-order valence-corrected chi connectivity index (χ3v) is 5.98. The van der Waals surface area contributed by atoms with E-state index in [0.717, 1.165) is 24.7 Å². The monoisotopic (exact) mass is 386 g/mol. The first kappa shape index (κ1) is 20.7. The van der Waals surface area contributed by atoms with Crippen molar-refractivity contribution in [2.75, 3.05) is 0 Å². The van der Waals surface area contributed by atoms with Gasteiger partial charge in [-0.1, -0.05) is 80.0 Å². The van der Waals surface area contributed by atoms with Crippen LogP contribution in [0.25, 0.3) is 0 Å². The van der Waals surface area contributed by atoms with Crippen LogP contribution in [0.15, 0.2) is 12.2 Å². The maximum absolute atomic E-state index is 10.7. The molecule has 0 spiro atoms. The molecule has 0 amide bonds. The number of carbonyl (C=O) groups is 1. The van der Waals surface area contributed by atoms with Crippen molar-refractivity contribution in [1.82, 2.24) is 0 Å². The smallest absolute Gasteiger partial charge is 0.317 e. The fraction of sp³-hybridized carbons (Fsp3) is 0.850. The zero-order valence-electron chi connectivity index (χ0n) is 14.8. The van der Waals surface area contributed by atoms with Crippen molar-refractivity contribution >= 4 is 21.9 Å². The zero-order valence-corrected chi connectivity index (χ0v) is 16.4. The molecule has 3 heteroatoms. The number of halogens is 1. The fourth-order valence-corrected chi connectivity index (χ4v) is 3.99. The molecule has 0 aromatic heterocycles. The van der Waals surface area contributed by atoms with Gasteiger partial charge in [-0.2, -0.15) is 0 Å². The first-order valence-electron chi connectivity index (χ1n) is 9.68. The maximum atomic E-state index is 10.7. The Hall–Kier alpha value is -0.310. The van der Waals surface area contributed by atoms with E-state index in [1.54, 1.807) is 0 Å². The highest BCUT2D eigenvalue weighted by Gasteiger charge is 2.24. The van der Waals surface area contributed by atoms with Crippen LogP contribution in [0.3, 0.4) is 0 Å². The molecule has 1 fully saturated rings. The van der Waals surface area contributed by atoms with Gasteiger partial charge in [0.2, 0.25) is 0 Å². The van der Waals surface area contributed by atoms with Gasteiger partial charge < -0.3 is 5.11 Å². The zero-order chi connectivity index (χ0) is 16.9. The Bertz CT molecular complexity index is 341. The van der Waals surface area contributed by atoms with Gasteiger partial charge >= 0.3 is 5.97 Å². The van der Waals surface area contributed by atoms with E-state index in [9.17, 15) is 4.79 Å². The molecule has 1 saturated carbocycles. The van der Waals surface area contributed by atoms with Gasteiger partial charge in [-0.25, -0.2) is 0 Å². The molecule has 1 N–H and O–H groups in total. The summed E-state index contributed by atoms with van der Waals surface area (Å²) in [5, 5.41) is 8.84. The van der Waals surface area contributed by atoms with Crippen LogP contribution in [0.1, 0.15) is 90.4 Å². The number of hydrogen-bond donors (Lipinski definition) is 1. The summed E-state index contributed by atoms with van der Waals surface area (Å²) >= 11 is 3.21. The average Bonchev–Trinajstić information content (AvgIpc) is 2.97. The number of hydrogen-bond acceptors (Lipinski definition) is 1. The van der Waals surface area contributed by atoms with Gasteiger partial charge in [-0.15, -0.1) is 0 Å². The second kappa shape index (κ2) is 13.0. The summed E-state index contributed by atoms with van der Waals surface area (Å²) in [5.74, 6) is 0.954. The van der Waals surface area contributed by atoms with Crippen LogP contribution in [0.5, 0.6) is 0 Å². The first-order valence-corrected chi connectivity index (χ1v) is 10.6. The van der Waals surface area contributed by atoms with Crippen LogP contribution in [-0.4, -0.2) is 15.9 Å². The highest BCUT2D eigenvalue weighted by Crippen LogP contribution is 2.36. The van der Waals surface area contributed by atoms with Crippen LogP contribution in [0.2, 0.25) is 0 Å². The van der Waals surface area contributed by atoms with Gasteiger partial charge in [0.15, 0.2) is 0 Å². The third-order valence-electron chi connectivity index (χ3n) is 5.13. The molecule has 134 valence electrons. The lowest BCUT2D eigenvalue weighted by Crippen LogP contribution is -2.12. The molecule has 2 nitrogen and oxygen atoms in total. The van der Waals surface area contributed by atoms with Crippen molar-refractivity contribution in [3.8, 4) is 0 Å². The van der Waals surface area contributed by atoms with Crippen LogP contribution >= 0.6 is 15.9 Å². The summed E-state index contributed by atoms with van der Waals surface area (Å²) in [4.78, 5) is 10.4. The van der Waals surface area contributed by atoms with Crippen molar-refractivity contribution in [2.45, 2.75) is 95.2 Å².